The number of para-hydroxylation sites is 2. The molecule has 5 nitrogen and oxygen atoms in total. The van der Waals surface area contributed by atoms with Gasteiger partial charge in [-0.3, -0.25) is 4.99 Å². The Morgan fingerprint density at radius 1 is 1.32 bits per heavy atom. The Kier molecular flexibility index (Phi) is 7.64. The summed E-state index contributed by atoms with van der Waals surface area (Å²) in [4.78, 5) is 9.20. The van der Waals surface area contributed by atoms with Crippen LogP contribution in [0.15, 0.2) is 29.3 Å². The second kappa shape index (κ2) is 8.97. The van der Waals surface area contributed by atoms with Gasteiger partial charge in [-0.15, -0.1) is 24.0 Å². The summed E-state index contributed by atoms with van der Waals surface area (Å²) in [5.74, 6) is 1.91. The summed E-state index contributed by atoms with van der Waals surface area (Å²) in [6, 6.07) is 8.60. The topological polar surface area (TPSA) is 54.2 Å². The SMILES string of the molecule is CCNC(=NCCn1c(C)nc2ccccc21)NC(C)C.I. The molecule has 0 fully saturated rings. The highest BCUT2D eigenvalue weighted by Gasteiger charge is 2.06. The second-order valence-electron chi connectivity index (χ2n) is 5.36. The number of nitrogens with one attached hydrogen (secondary N) is 2. The first-order valence-corrected chi connectivity index (χ1v) is 7.58. The summed E-state index contributed by atoms with van der Waals surface area (Å²) in [7, 11) is 0. The molecule has 0 saturated heterocycles. The Balaban J connectivity index is 0.00000242. The third-order valence-electron chi connectivity index (χ3n) is 3.21. The van der Waals surface area contributed by atoms with Gasteiger partial charge >= 0.3 is 0 Å². The van der Waals surface area contributed by atoms with Gasteiger partial charge in [-0.25, -0.2) is 4.98 Å². The molecule has 0 radical (unpaired) electrons. The van der Waals surface area contributed by atoms with Gasteiger partial charge in [0.25, 0.3) is 0 Å². The van der Waals surface area contributed by atoms with Gasteiger partial charge < -0.3 is 15.2 Å². The molecule has 1 aromatic carbocycles. The van der Waals surface area contributed by atoms with E-state index in [1.807, 2.05) is 25.1 Å². The Morgan fingerprint density at radius 2 is 2.05 bits per heavy atom. The van der Waals surface area contributed by atoms with E-state index in [4.69, 9.17) is 0 Å². The first-order valence-electron chi connectivity index (χ1n) is 7.58. The predicted molar refractivity (Wildman–Crippen MR) is 104 cm³/mol. The van der Waals surface area contributed by atoms with Crippen LogP contribution < -0.4 is 10.6 Å². The van der Waals surface area contributed by atoms with E-state index in [0.717, 1.165) is 36.9 Å². The molecule has 122 valence electrons. The Hall–Kier alpha value is -1.31. The average molecular weight is 415 g/mol. The lowest BCUT2D eigenvalue weighted by Gasteiger charge is -2.14. The van der Waals surface area contributed by atoms with Gasteiger partial charge in [0.15, 0.2) is 5.96 Å². The van der Waals surface area contributed by atoms with Crippen LogP contribution in [0.25, 0.3) is 11.0 Å². The zero-order valence-electron chi connectivity index (χ0n) is 13.8. The summed E-state index contributed by atoms with van der Waals surface area (Å²) in [5.41, 5.74) is 2.22. The molecule has 0 aliphatic heterocycles. The highest BCUT2D eigenvalue weighted by atomic mass is 127. The van der Waals surface area contributed by atoms with Crippen molar-refractivity contribution in [2.75, 3.05) is 13.1 Å². The summed E-state index contributed by atoms with van der Waals surface area (Å²) >= 11 is 0. The summed E-state index contributed by atoms with van der Waals surface area (Å²) in [6.07, 6.45) is 0. The number of aliphatic imine (C=N–C) groups is 1. The summed E-state index contributed by atoms with van der Waals surface area (Å²) in [5, 5.41) is 6.59. The first-order chi connectivity index (χ1) is 10.1. The molecule has 0 spiro atoms. The van der Waals surface area contributed by atoms with Gasteiger partial charge in [-0.2, -0.15) is 0 Å². The fraction of sp³-hybridized carbons (Fsp3) is 0.500. The zero-order chi connectivity index (χ0) is 15.2. The maximum atomic E-state index is 4.62. The number of hydrogen-bond donors (Lipinski definition) is 2. The van der Waals surface area contributed by atoms with Crippen molar-refractivity contribution in [3.8, 4) is 0 Å². The Bertz CT molecular complexity index is 618. The van der Waals surface area contributed by atoms with E-state index in [0.29, 0.717) is 6.04 Å². The quantitative estimate of drug-likeness (QED) is 0.449. The third kappa shape index (κ3) is 4.86. The first kappa shape index (κ1) is 18.7. The van der Waals surface area contributed by atoms with Crippen LogP contribution in [-0.2, 0) is 6.54 Å². The lowest BCUT2D eigenvalue weighted by Crippen LogP contribution is -2.41. The molecule has 0 aliphatic rings. The molecule has 0 aliphatic carbocycles. The maximum Gasteiger partial charge on any atom is 0.191 e. The van der Waals surface area contributed by atoms with Gasteiger partial charge in [0.05, 0.1) is 17.6 Å². The highest BCUT2D eigenvalue weighted by molar-refractivity contribution is 14.0. The van der Waals surface area contributed by atoms with Gasteiger partial charge in [-0.1, -0.05) is 12.1 Å². The van der Waals surface area contributed by atoms with Crippen LogP contribution >= 0.6 is 24.0 Å². The fourth-order valence-corrected chi connectivity index (χ4v) is 2.33. The van der Waals surface area contributed by atoms with Gasteiger partial charge in [0.1, 0.15) is 5.82 Å². The van der Waals surface area contributed by atoms with Crippen LogP contribution in [0, 0.1) is 6.92 Å². The number of hydrogen-bond acceptors (Lipinski definition) is 2. The van der Waals surface area contributed by atoms with Gasteiger partial charge in [0.2, 0.25) is 0 Å². The molecule has 22 heavy (non-hydrogen) atoms. The molecule has 0 saturated carbocycles. The molecule has 0 amide bonds. The van der Waals surface area contributed by atoms with Crippen LogP contribution in [0.3, 0.4) is 0 Å². The molecule has 1 aromatic heterocycles. The number of halogens is 1. The number of nitrogens with zero attached hydrogens (tertiary/aromatic N) is 3. The Morgan fingerprint density at radius 3 is 2.73 bits per heavy atom. The zero-order valence-corrected chi connectivity index (χ0v) is 16.1. The predicted octanol–water partition coefficient (Wildman–Crippen LogP) is 2.93. The molecular formula is C16H26IN5. The van der Waals surface area contributed by atoms with Crippen LogP contribution in [0.4, 0.5) is 0 Å². The lowest BCUT2D eigenvalue weighted by atomic mass is 10.3. The number of guanidine groups is 1. The van der Waals surface area contributed by atoms with E-state index in [1.54, 1.807) is 0 Å². The molecule has 2 rings (SSSR count). The summed E-state index contributed by atoms with van der Waals surface area (Å²) < 4.78 is 2.22. The molecule has 1 heterocycles. The smallest absolute Gasteiger partial charge is 0.191 e. The minimum atomic E-state index is 0. The van der Waals surface area contributed by atoms with Crippen molar-refractivity contribution in [2.24, 2.45) is 4.99 Å². The van der Waals surface area contributed by atoms with E-state index in [9.17, 15) is 0 Å². The molecule has 0 bridgehead atoms. The maximum absolute atomic E-state index is 4.62. The minimum absolute atomic E-state index is 0. The highest BCUT2D eigenvalue weighted by Crippen LogP contribution is 2.14. The molecule has 2 N–H and O–H groups in total. The number of rotatable bonds is 5. The third-order valence-corrected chi connectivity index (χ3v) is 3.21. The van der Waals surface area contributed by atoms with Crippen molar-refractivity contribution < 1.29 is 0 Å². The van der Waals surface area contributed by atoms with Crippen LogP contribution in [0.5, 0.6) is 0 Å². The number of aryl methyl sites for hydroxylation is 1. The van der Waals surface area contributed by atoms with E-state index in [2.05, 4.69) is 52.0 Å². The van der Waals surface area contributed by atoms with E-state index < -0.39 is 0 Å². The monoisotopic (exact) mass is 415 g/mol. The van der Waals surface area contributed by atoms with Gasteiger partial charge in [0, 0.05) is 19.1 Å². The van der Waals surface area contributed by atoms with Crippen LogP contribution in [-0.4, -0.2) is 34.6 Å². The second-order valence-corrected chi connectivity index (χ2v) is 5.36. The van der Waals surface area contributed by atoms with Crippen molar-refractivity contribution in [3.05, 3.63) is 30.1 Å². The molecule has 6 heteroatoms. The average Bonchev–Trinajstić information content (AvgIpc) is 2.75. The van der Waals surface area contributed by atoms with Crippen molar-refractivity contribution in [1.82, 2.24) is 20.2 Å². The van der Waals surface area contributed by atoms with E-state index >= 15 is 0 Å². The van der Waals surface area contributed by atoms with Crippen molar-refractivity contribution >= 4 is 41.0 Å². The number of imidazole rings is 1. The Labute approximate surface area is 149 Å². The molecule has 0 unspecified atom stereocenters. The standard InChI is InChI=1S/C16H25N5.HI/c1-5-17-16(19-12(2)3)18-10-11-21-13(4)20-14-8-6-7-9-15(14)21;/h6-9,12H,5,10-11H2,1-4H3,(H2,17,18,19);1H. The van der Waals surface area contributed by atoms with E-state index in [1.165, 1.54) is 5.52 Å². The minimum Gasteiger partial charge on any atom is -0.357 e. The van der Waals surface area contributed by atoms with Crippen molar-refractivity contribution in [3.63, 3.8) is 0 Å². The van der Waals surface area contributed by atoms with E-state index in [-0.39, 0.29) is 24.0 Å². The largest absolute Gasteiger partial charge is 0.357 e. The fourth-order valence-electron chi connectivity index (χ4n) is 2.33. The van der Waals surface area contributed by atoms with Crippen LogP contribution in [0.2, 0.25) is 0 Å². The number of benzene rings is 1. The molecule has 0 atom stereocenters. The summed E-state index contributed by atoms with van der Waals surface area (Å²) in [6.45, 7) is 10.8. The normalized spacial score (nSPS) is 11.6. The molecular weight excluding hydrogens is 389 g/mol. The van der Waals surface area contributed by atoms with Crippen molar-refractivity contribution in [1.29, 1.82) is 0 Å². The van der Waals surface area contributed by atoms with Crippen molar-refractivity contribution in [2.45, 2.75) is 40.3 Å². The van der Waals surface area contributed by atoms with Crippen LogP contribution in [0.1, 0.15) is 26.6 Å². The molecule has 2 aromatic rings. The van der Waals surface area contributed by atoms with Gasteiger partial charge in [-0.05, 0) is 39.8 Å². The number of aromatic nitrogens is 2. The lowest BCUT2D eigenvalue weighted by molar-refractivity contribution is 0.675. The number of fused-ring (bicyclic) bond motifs is 1.